The van der Waals surface area contributed by atoms with Crippen LogP contribution < -0.4 is 5.32 Å². The van der Waals surface area contributed by atoms with Gasteiger partial charge in [0.05, 0.1) is 11.7 Å². The number of nitrogens with zero attached hydrogens (tertiary/aromatic N) is 2. The van der Waals surface area contributed by atoms with Crippen LogP contribution in [0.3, 0.4) is 0 Å². The second-order valence-electron chi connectivity index (χ2n) is 6.92. The zero-order valence-electron chi connectivity index (χ0n) is 16.0. The van der Waals surface area contributed by atoms with Gasteiger partial charge in [-0.15, -0.1) is 0 Å². The normalized spacial score (nSPS) is 12.0. The Kier molecular flexibility index (Phi) is 4.94. The molecule has 0 aliphatic heterocycles. The molecule has 1 aromatic heterocycles. The summed E-state index contributed by atoms with van der Waals surface area (Å²) in [6, 6.07) is 16.0. The number of aryl methyl sites for hydroxylation is 4. The molecule has 1 N–H and O–H groups in total. The van der Waals surface area contributed by atoms with Crippen molar-refractivity contribution in [3.63, 3.8) is 0 Å². The maximum atomic E-state index is 12.7. The summed E-state index contributed by atoms with van der Waals surface area (Å²) in [4.78, 5) is 12.7. The van der Waals surface area contributed by atoms with Crippen LogP contribution in [0.4, 0.5) is 0 Å². The van der Waals surface area contributed by atoms with Gasteiger partial charge in [-0.3, -0.25) is 9.48 Å². The summed E-state index contributed by atoms with van der Waals surface area (Å²) in [6.45, 7) is 8.27. The number of hydrogen-bond acceptors (Lipinski definition) is 2. The number of carbonyl (C=O) groups is 1. The SMILES string of the molecule is Cc1cc(C)c(-c2cc(C(=O)N[C@@H](C)c3ccccc3)nn2C)c(C)c1. The monoisotopic (exact) mass is 347 g/mol. The van der Waals surface area contributed by atoms with E-state index in [2.05, 4.69) is 43.3 Å². The number of benzene rings is 2. The van der Waals surface area contributed by atoms with Gasteiger partial charge in [0, 0.05) is 12.6 Å². The highest BCUT2D eigenvalue weighted by Gasteiger charge is 2.18. The fourth-order valence-corrected chi connectivity index (χ4v) is 3.49. The third-order valence-electron chi connectivity index (χ3n) is 4.69. The van der Waals surface area contributed by atoms with Crippen molar-refractivity contribution in [3.8, 4) is 11.3 Å². The molecule has 26 heavy (non-hydrogen) atoms. The first-order valence-electron chi connectivity index (χ1n) is 8.85. The van der Waals surface area contributed by atoms with E-state index < -0.39 is 0 Å². The second-order valence-corrected chi connectivity index (χ2v) is 6.92. The van der Waals surface area contributed by atoms with Gasteiger partial charge in [-0.25, -0.2) is 0 Å². The molecule has 0 aliphatic carbocycles. The summed E-state index contributed by atoms with van der Waals surface area (Å²) >= 11 is 0. The lowest BCUT2D eigenvalue weighted by molar-refractivity contribution is 0.0934. The van der Waals surface area contributed by atoms with Crippen molar-refractivity contribution < 1.29 is 4.79 Å². The molecule has 0 saturated carbocycles. The van der Waals surface area contributed by atoms with E-state index in [-0.39, 0.29) is 11.9 Å². The van der Waals surface area contributed by atoms with Crippen molar-refractivity contribution in [2.75, 3.05) is 0 Å². The summed E-state index contributed by atoms with van der Waals surface area (Å²) < 4.78 is 1.78. The molecule has 2 aromatic carbocycles. The van der Waals surface area contributed by atoms with Crippen LogP contribution >= 0.6 is 0 Å². The summed E-state index contributed by atoms with van der Waals surface area (Å²) in [5.41, 5.74) is 7.22. The van der Waals surface area contributed by atoms with Crippen LogP contribution in [0.15, 0.2) is 48.5 Å². The average Bonchev–Trinajstić information content (AvgIpc) is 2.96. The maximum absolute atomic E-state index is 12.7. The number of amides is 1. The van der Waals surface area contributed by atoms with Crippen molar-refractivity contribution in [1.82, 2.24) is 15.1 Å². The van der Waals surface area contributed by atoms with E-state index in [1.54, 1.807) is 4.68 Å². The van der Waals surface area contributed by atoms with Gasteiger partial charge in [0.1, 0.15) is 0 Å². The Hall–Kier alpha value is -2.88. The summed E-state index contributed by atoms with van der Waals surface area (Å²) in [7, 11) is 1.88. The Morgan fingerprint density at radius 3 is 2.27 bits per heavy atom. The minimum Gasteiger partial charge on any atom is -0.344 e. The third-order valence-corrected chi connectivity index (χ3v) is 4.69. The Labute approximate surface area is 154 Å². The Morgan fingerprint density at radius 2 is 1.65 bits per heavy atom. The zero-order valence-corrected chi connectivity index (χ0v) is 16.0. The van der Waals surface area contributed by atoms with Crippen LogP contribution in [0.2, 0.25) is 0 Å². The lowest BCUT2D eigenvalue weighted by Crippen LogP contribution is -2.27. The van der Waals surface area contributed by atoms with E-state index in [4.69, 9.17) is 0 Å². The van der Waals surface area contributed by atoms with Crippen molar-refractivity contribution in [2.24, 2.45) is 7.05 Å². The number of aromatic nitrogens is 2. The maximum Gasteiger partial charge on any atom is 0.272 e. The van der Waals surface area contributed by atoms with Crippen LogP contribution in [0.5, 0.6) is 0 Å². The largest absolute Gasteiger partial charge is 0.344 e. The number of carbonyl (C=O) groups excluding carboxylic acids is 1. The highest BCUT2D eigenvalue weighted by molar-refractivity contribution is 5.94. The Balaban J connectivity index is 1.88. The molecule has 3 rings (SSSR count). The number of hydrogen-bond donors (Lipinski definition) is 1. The van der Waals surface area contributed by atoms with Crippen LogP contribution in [-0.2, 0) is 7.05 Å². The molecule has 0 bridgehead atoms. The molecule has 3 aromatic rings. The van der Waals surface area contributed by atoms with Crippen LogP contribution in [-0.4, -0.2) is 15.7 Å². The average molecular weight is 347 g/mol. The van der Waals surface area contributed by atoms with Crippen molar-refractivity contribution in [1.29, 1.82) is 0 Å². The standard InChI is InChI=1S/C22H25N3O/c1-14-11-15(2)21(16(3)12-14)20-13-19(24-25(20)5)22(26)23-17(4)18-9-7-6-8-10-18/h6-13,17H,1-5H3,(H,23,26)/t17-/m0/s1. The molecule has 0 radical (unpaired) electrons. The molecule has 0 saturated heterocycles. The molecule has 4 heteroatoms. The first-order valence-corrected chi connectivity index (χ1v) is 8.85. The highest BCUT2D eigenvalue weighted by atomic mass is 16.2. The lowest BCUT2D eigenvalue weighted by atomic mass is 9.97. The second kappa shape index (κ2) is 7.16. The highest BCUT2D eigenvalue weighted by Crippen LogP contribution is 2.28. The van der Waals surface area contributed by atoms with Crippen molar-refractivity contribution in [2.45, 2.75) is 33.7 Å². The fourth-order valence-electron chi connectivity index (χ4n) is 3.49. The van der Waals surface area contributed by atoms with E-state index in [0.717, 1.165) is 16.8 Å². The molecule has 4 nitrogen and oxygen atoms in total. The van der Waals surface area contributed by atoms with Gasteiger partial charge in [0.15, 0.2) is 5.69 Å². The summed E-state index contributed by atoms with van der Waals surface area (Å²) in [5, 5.41) is 7.47. The van der Waals surface area contributed by atoms with Crippen LogP contribution in [0.1, 0.15) is 45.7 Å². The van der Waals surface area contributed by atoms with Gasteiger partial charge in [-0.05, 0) is 50.5 Å². The Morgan fingerprint density at radius 1 is 1.04 bits per heavy atom. The molecular weight excluding hydrogens is 322 g/mol. The van der Waals surface area contributed by atoms with Gasteiger partial charge in [-0.1, -0.05) is 48.0 Å². The summed E-state index contributed by atoms with van der Waals surface area (Å²) in [5.74, 6) is -0.161. The first-order chi connectivity index (χ1) is 12.4. The molecule has 0 fully saturated rings. The van der Waals surface area contributed by atoms with Gasteiger partial charge in [0.25, 0.3) is 5.91 Å². The first kappa shape index (κ1) is 17.9. The van der Waals surface area contributed by atoms with E-state index in [1.165, 1.54) is 16.7 Å². The summed E-state index contributed by atoms with van der Waals surface area (Å²) in [6.07, 6.45) is 0. The number of nitrogens with one attached hydrogen (secondary N) is 1. The van der Waals surface area contributed by atoms with Crippen molar-refractivity contribution in [3.05, 3.63) is 76.5 Å². The third kappa shape index (κ3) is 3.54. The minimum absolute atomic E-state index is 0.0722. The molecule has 1 atom stereocenters. The smallest absolute Gasteiger partial charge is 0.272 e. The number of rotatable bonds is 4. The molecule has 0 aliphatic rings. The Bertz CT molecular complexity index is 918. The van der Waals surface area contributed by atoms with E-state index in [9.17, 15) is 4.79 Å². The van der Waals surface area contributed by atoms with Crippen molar-refractivity contribution >= 4 is 5.91 Å². The predicted octanol–water partition coefficient (Wildman–Crippen LogP) is 4.50. The molecule has 0 unspecified atom stereocenters. The zero-order chi connectivity index (χ0) is 18.8. The quantitative estimate of drug-likeness (QED) is 0.755. The molecule has 0 spiro atoms. The van der Waals surface area contributed by atoms with E-state index in [0.29, 0.717) is 5.69 Å². The molecule has 1 heterocycles. The minimum atomic E-state index is -0.161. The molecule has 1 amide bonds. The van der Waals surface area contributed by atoms with Gasteiger partial charge < -0.3 is 5.32 Å². The molecular formula is C22H25N3O. The van der Waals surface area contributed by atoms with Crippen LogP contribution in [0.25, 0.3) is 11.3 Å². The van der Waals surface area contributed by atoms with Gasteiger partial charge >= 0.3 is 0 Å². The van der Waals surface area contributed by atoms with Gasteiger partial charge in [0.2, 0.25) is 0 Å². The van der Waals surface area contributed by atoms with Gasteiger partial charge in [-0.2, -0.15) is 5.10 Å². The fraction of sp³-hybridized carbons (Fsp3) is 0.273. The van der Waals surface area contributed by atoms with Crippen LogP contribution in [0, 0.1) is 20.8 Å². The van der Waals surface area contributed by atoms with E-state index >= 15 is 0 Å². The van der Waals surface area contributed by atoms with E-state index in [1.807, 2.05) is 50.4 Å². The molecule has 134 valence electrons. The predicted molar refractivity (Wildman–Crippen MR) is 105 cm³/mol. The topological polar surface area (TPSA) is 46.9 Å². The lowest BCUT2D eigenvalue weighted by Gasteiger charge is -2.13.